The van der Waals surface area contributed by atoms with Crippen molar-refractivity contribution in [2.75, 3.05) is 20.8 Å². The van der Waals surface area contributed by atoms with Crippen LogP contribution in [-0.4, -0.2) is 43.5 Å². The summed E-state index contributed by atoms with van der Waals surface area (Å²) in [5.74, 6) is 2.05. The summed E-state index contributed by atoms with van der Waals surface area (Å²) in [5.41, 5.74) is 4.81. The van der Waals surface area contributed by atoms with Gasteiger partial charge in [0, 0.05) is 30.2 Å². The molecule has 2 aliphatic heterocycles. The van der Waals surface area contributed by atoms with Crippen molar-refractivity contribution in [2.45, 2.75) is 51.7 Å². The lowest BCUT2D eigenvalue weighted by Crippen LogP contribution is -2.30. The van der Waals surface area contributed by atoms with Crippen LogP contribution in [0.2, 0.25) is 0 Å². The lowest BCUT2D eigenvalue weighted by Gasteiger charge is -2.31. The van der Waals surface area contributed by atoms with Crippen LogP contribution in [0.15, 0.2) is 35.3 Å². The number of methoxy groups -OCH3 is 1. The average Bonchev–Trinajstić information content (AvgIpc) is 3.05. The van der Waals surface area contributed by atoms with Gasteiger partial charge in [-0.15, -0.1) is 0 Å². The van der Waals surface area contributed by atoms with E-state index in [0.29, 0.717) is 5.75 Å². The molecule has 2 aromatic rings. The van der Waals surface area contributed by atoms with E-state index >= 15 is 0 Å². The van der Waals surface area contributed by atoms with E-state index in [0.717, 1.165) is 46.7 Å². The fourth-order valence-corrected chi connectivity index (χ4v) is 4.38. The number of hydrogen-bond acceptors (Lipinski definition) is 5. The summed E-state index contributed by atoms with van der Waals surface area (Å²) in [7, 11) is 3.28. The number of hydrogen-bond donors (Lipinski definition) is 1. The molecular formula is C25H30N2O4. The number of benzene rings is 2. The van der Waals surface area contributed by atoms with Crippen molar-refractivity contribution >= 4 is 11.6 Å². The molecule has 164 valence electrons. The second-order valence-corrected chi connectivity index (χ2v) is 9.40. The smallest absolute Gasteiger partial charge is 0.257 e. The van der Waals surface area contributed by atoms with Crippen LogP contribution < -0.4 is 19.5 Å². The molecule has 4 rings (SSSR count). The number of amides is 1. The Balaban J connectivity index is 1.83. The number of nitrogens with zero attached hydrogens (tertiary/aromatic N) is 1. The molecule has 2 aromatic carbocycles. The Morgan fingerprint density at radius 2 is 1.97 bits per heavy atom. The normalized spacial score (nSPS) is 17.7. The first kappa shape index (κ1) is 21.2. The van der Waals surface area contributed by atoms with Crippen LogP contribution in [0.3, 0.4) is 0 Å². The largest absolute Gasteiger partial charge is 0.493 e. The maximum Gasteiger partial charge on any atom is 0.257 e. The van der Waals surface area contributed by atoms with Gasteiger partial charge < -0.3 is 19.5 Å². The number of fused-ring (bicyclic) bond motifs is 3. The Bertz CT molecular complexity index is 1070. The van der Waals surface area contributed by atoms with Gasteiger partial charge >= 0.3 is 0 Å². The van der Waals surface area contributed by atoms with Gasteiger partial charge in [-0.3, -0.25) is 9.79 Å². The van der Waals surface area contributed by atoms with Crippen molar-refractivity contribution in [3.63, 3.8) is 0 Å². The minimum absolute atomic E-state index is 0.0247. The average molecular weight is 423 g/mol. The van der Waals surface area contributed by atoms with E-state index < -0.39 is 0 Å². The summed E-state index contributed by atoms with van der Waals surface area (Å²) in [5, 5.41) is 2.57. The van der Waals surface area contributed by atoms with Crippen LogP contribution >= 0.6 is 0 Å². The molecule has 0 atom stereocenters. The predicted octanol–water partition coefficient (Wildman–Crippen LogP) is 3.71. The molecule has 6 nitrogen and oxygen atoms in total. The highest BCUT2D eigenvalue weighted by molar-refractivity contribution is 6.16. The molecule has 0 spiro atoms. The Morgan fingerprint density at radius 3 is 2.68 bits per heavy atom. The molecule has 0 unspecified atom stereocenters. The Hall–Kier alpha value is -3.02. The molecule has 0 aliphatic carbocycles. The molecular weight excluding hydrogens is 392 g/mol. The molecule has 2 heterocycles. The number of carbonyl (C=O) groups is 1. The molecule has 0 radical (unpaired) electrons. The maximum absolute atomic E-state index is 11.6. The first-order valence-electron chi connectivity index (χ1n) is 10.6. The number of ether oxygens (including phenoxy) is 3. The first-order chi connectivity index (χ1) is 14.6. The third-order valence-corrected chi connectivity index (χ3v) is 5.66. The van der Waals surface area contributed by atoms with E-state index in [4.69, 9.17) is 19.2 Å². The predicted molar refractivity (Wildman–Crippen MR) is 121 cm³/mol. The fraction of sp³-hybridized carbons (Fsp3) is 0.440. The number of aliphatic imine (C=N–C) groups is 1. The topological polar surface area (TPSA) is 69.2 Å². The zero-order valence-electron chi connectivity index (χ0n) is 19.1. The molecule has 2 aliphatic rings. The molecule has 0 fully saturated rings. The fourth-order valence-electron chi connectivity index (χ4n) is 4.38. The molecule has 0 aromatic heterocycles. The van der Waals surface area contributed by atoms with Gasteiger partial charge in [-0.2, -0.15) is 0 Å². The van der Waals surface area contributed by atoms with Crippen LogP contribution in [0.5, 0.6) is 17.2 Å². The minimum atomic E-state index is -0.304. The zero-order chi connectivity index (χ0) is 22.4. The summed E-state index contributed by atoms with van der Waals surface area (Å²) in [4.78, 5) is 16.7. The van der Waals surface area contributed by atoms with E-state index in [-0.39, 0.29) is 23.7 Å². The molecule has 0 saturated heterocycles. The zero-order valence-corrected chi connectivity index (χ0v) is 19.1. The lowest BCUT2D eigenvalue weighted by molar-refractivity contribution is -0.122. The summed E-state index contributed by atoms with van der Waals surface area (Å²) in [6.45, 7) is 8.44. The van der Waals surface area contributed by atoms with E-state index in [9.17, 15) is 4.79 Å². The van der Waals surface area contributed by atoms with Crippen molar-refractivity contribution < 1.29 is 19.0 Å². The van der Waals surface area contributed by atoms with Gasteiger partial charge in [0.1, 0.15) is 11.4 Å². The van der Waals surface area contributed by atoms with E-state index in [2.05, 4.69) is 39.1 Å². The quantitative estimate of drug-likeness (QED) is 0.798. The second kappa shape index (κ2) is 7.59. The van der Waals surface area contributed by atoms with Crippen LogP contribution in [0.25, 0.3) is 0 Å². The van der Waals surface area contributed by atoms with Gasteiger partial charge in [0.2, 0.25) is 0 Å². The summed E-state index contributed by atoms with van der Waals surface area (Å²) in [6, 6.07) is 9.87. The van der Waals surface area contributed by atoms with E-state index in [1.165, 1.54) is 5.56 Å². The Labute approximate surface area is 183 Å². The number of rotatable bonds is 5. The molecule has 1 amide bonds. The van der Waals surface area contributed by atoms with Gasteiger partial charge in [0.05, 0.1) is 18.4 Å². The van der Waals surface area contributed by atoms with Gasteiger partial charge in [-0.05, 0) is 57.9 Å². The number of carbonyl (C=O) groups excluding carboxylic acids is 1. The van der Waals surface area contributed by atoms with E-state index in [1.807, 2.05) is 24.3 Å². The third kappa shape index (κ3) is 4.11. The molecule has 6 heteroatoms. The monoisotopic (exact) mass is 422 g/mol. The van der Waals surface area contributed by atoms with Gasteiger partial charge in [-0.1, -0.05) is 12.1 Å². The molecule has 1 N–H and O–H groups in total. The third-order valence-electron chi connectivity index (χ3n) is 5.66. The van der Waals surface area contributed by atoms with Gasteiger partial charge in [0.25, 0.3) is 5.91 Å². The Morgan fingerprint density at radius 1 is 1.19 bits per heavy atom. The molecule has 0 bridgehead atoms. The van der Waals surface area contributed by atoms with Crippen molar-refractivity contribution in [2.24, 2.45) is 4.99 Å². The van der Waals surface area contributed by atoms with Gasteiger partial charge in [0.15, 0.2) is 18.1 Å². The van der Waals surface area contributed by atoms with Crippen molar-refractivity contribution in [3.8, 4) is 17.2 Å². The van der Waals surface area contributed by atoms with Crippen LogP contribution in [0.1, 0.15) is 49.9 Å². The van der Waals surface area contributed by atoms with Crippen molar-refractivity contribution in [1.29, 1.82) is 0 Å². The van der Waals surface area contributed by atoms with Crippen molar-refractivity contribution in [3.05, 3.63) is 52.6 Å². The number of nitrogens with one attached hydrogen (secondary N) is 1. The Kier molecular flexibility index (Phi) is 5.20. The second-order valence-electron chi connectivity index (χ2n) is 9.40. The SMILES string of the molecule is CNC(=O)COc1cccc(C2=NC(C)(C)Cc3cc(OC)c4c(c32)CC(C)(C)O4)c1. The first-order valence-corrected chi connectivity index (χ1v) is 10.6. The summed E-state index contributed by atoms with van der Waals surface area (Å²) in [6.07, 6.45) is 1.61. The maximum atomic E-state index is 11.6. The van der Waals surface area contributed by atoms with Crippen LogP contribution in [0, 0.1) is 0 Å². The summed E-state index contributed by atoms with van der Waals surface area (Å²) >= 11 is 0. The van der Waals surface area contributed by atoms with Gasteiger partial charge in [-0.25, -0.2) is 0 Å². The van der Waals surface area contributed by atoms with Crippen molar-refractivity contribution in [1.82, 2.24) is 5.32 Å². The van der Waals surface area contributed by atoms with Crippen LogP contribution in [0.4, 0.5) is 0 Å². The minimum Gasteiger partial charge on any atom is -0.493 e. The number of likely N-dealkylation sites (N-methyl/N-ethyl adjacent to an activating group) is 1. The standard InChI is InChI=1S/C25H30N2O4/c1-24(2)12-16-11-19(29-6)23-18(13-25(3,4)31-23)21(16)22(27-24)15-8-7-9-17(10-15)30-14-20(28)26-5/h7-11H,12-14H2,1-6H3,(H,26,28). The highest BCUT2D eigenvalue weighted by atomic mass is 16.5. The van der Waals surface area contributed by atoms with E-state index in [1.54, 1.807) is 14.2 Å². The summed E-state index contributed by atoms with van der Waals surface area (Å²) < 4.78 is 17.6. The molecule has 31 heavy (non-hydrogen) atoms. The lowest BCUT2D eigenvalue weighted by atomic mass is 9.81. The highest BCUT2D eigenvalue weighted by Gasteiger charge is 2.39. The van der Waals surface area contributed by atoms with Crippen LogP contribution in [-0.2, 0) is 17.6 Å². The molecule has 0 saturated carbocycles. The highest BCUT2D eigenvalue weighted by Crippen LogP contribution is 2.47.